The summed E-state index contributed by atoms with van der Waals surface area (Å²) in [5.41, 5.74) is 1.22. The van der Waals surface area contributed by atoms with Crippen LogP contribution >= 0.6 is 23.4 Å². The fraction of sp³-hybridized carbons (Fsp3) is 0.312. The molecule has 4 heteroatoms. The molecule has 2 nitrogen and oxygen atoms in total. The van der Waals surface area contributed by atoms with Gasteiger partial charge in [0.05, 0.1) is 5.02 Å². The smallest absolute Gasteiger partial charge is 0.101 e. The Morgan fingerprint density at radius 3 is 2.80 bits per heavy atom. The van der Waals surface area contributed by atoms with Crippen molar-refractivity contribution in [3.05, 3.63) is 53.2 Å². The van der Waals surface area contributed by atoms with Gasteiger partial charge in [-0.2, -0.15) is 0 Å². The van der Waals surface area contributed by atoms with E-state index in [0.717, 1.165) is 27.9 Å². The summed E-state index contributed by atoms with van der Waals surface area (Å²) in [6.07, 6.45) is 2.92. The van der Waals surface area contributed by atoms with Gasteiger partial charge in [-0.1, -0.05) is 42.4 Å². The largest absolute Gasteiger partial charge is 0.310 e. The Morgan fingerprint density at radius 1 is 1.30 bits per heavy atom. The number of hydrogen-bond donors (Lipinski definition) is 1. The molecule has 0 aliphatic carbocycles. The molecule has 1 heterocycles. The summed E-state index contributed by atoms with van der Waals surface area (Å²) >= 11 is 7.97. The van der Waals surface area contributed by atoms with Crippen LogP contribution < -0.4 is 5.32 Å². The lowest BCUT2D eigenvalue weighted by Crippen LogP contribution is -2.19. The van der Waals surface area contributed by atoms with Crippen LogP contribution in [0, 0.1) is 0 Å². The Hall–Kier alpha value is -1.03. The van der Waals surface area contributed by atoms with Crippen molar-refractivity contribution in [2.75, 3.05) is 6.54 Å². The molecular formula is C16H19ClN2S. The lowest BCUT2D eigenvalue weighted by atomic mass is 10.1. The molecule has 2 rings (SSSR count). The lowest BCUT2D eigenvalue weighted by Gasteiger charge is -2.15. The highest BCUT2D eigenvalue weighted by atomic mass is 35.5. The summed E-state index contributed by atoms with van der Waals surface area (Å²) in [6.45, 7) is 5.34. The highest BCUT2D eigenvalue weighted by Crippen LogP contribution is 2.33. The van der Waals surface area contributed by atoms with Crippen LogP contribution in [0.3, 0.4) is 0 Å². The third kappa shape index (κ3) is 4.23. The van der Waals surface area contributed by atoms with Crippen molar-refractivity contribution in [2.45, 2.75) is 36.2 Å². The molecule has 1 aromatic heterocycles. The standard InChI is InChI=1S/C16H19ClN2S/c1-3-9-18-12(2)13-7-8-15(14(17)11-13)20-16-6-4-5-10-19-16/h4-8,10-12,18H,3,9H2,1-2H3. The molecule has 1 N–H and O–H groups in total. The molecule has 106 valence electrons. The highest BCUT2D eigenvalue weighted by molar-refractivity contribution is 7.99. The van der Waals surface area contributed by atoms with Crippen molar-refractivity contribution in [2.24, 2.45) is 0 Å². The van der Waals surface area contributed by atoms with Crippen LogP contribution in [0.1, 0.15) is 31.9 Å². The van der Waals surface area contributed by atoms with Crippen LogP contribution in [0.2, 0.25) is 5.02 Å². The molecule has 0 saturated carbocycles. The number of nitrogens with zero attached hydrogens (tertiary/aromatic N) is 1. The van der Waals surface area contributed by atoms with Gasteiger partial charge in [-0.25, -0.2) is 4.98 Å². The normalized spacial score (nSPS) is 12.3. The van der Waals surface area contributed by atoms with Gasteiger partial charge in [0.15, 0.2) is 0 Å². The van der Waals surface area contributed by atoms with E-state index in [1.165, 1.54) is 5.56 Å². The first kappa shape index (κ1) is 15.4. The van der Waals surface area contributed by atoms with Crippen LogP contribution in [0.15, 0.2) is 52.5 Å². The average Bonchev–Trinajstić information content (AvgIpc) is 2.48. The van der Waals surface area contributed by atoms with E-state index in [9.17, 15) is 0 Å². The van der Waals surface area contributed by atoms with Gasteiger partial charge in [-0.3, -0.25) is 0 Å². The van der Waals surface area contributed by atoms with Gasteiger partial charge in [0.2, 0.25) is 0 Å². The molecule has 1 atom stereocenters. The minimum atomic E-state index is 0.321. The number of benzene rings is 1. The minimum absolute atomic E-state index is 0.321. The average molecular weight is 307 g/mol. The van der Waals surface area contributed by atoms with Gasteiger partial charge in [-0.05, 0) is 49.7 Å². The SMILES string of the molecule is CCCNC(C)c1ccc(Sc2ccccn2)c(Cl)c1. The third-order valence-electron chi connectivity index (χ3n) is 3.01. The molecule has 0 amide bonds. The maximum atomic E-state index is 6.38. The quantitative estimate of drug-likeness (QED) is 0.817. The Labute approximate surface area is 130 Å². The summed E-state index contributed by atoms with van der Waals surface area (Å²) in [4.78, 5) is 5.34. The topological polar surface area (TPSA) is 24.9 Å². The van der Waals surface area contributed by atoms with Crippen LogP contribution in [-0.2, 0) is 0 Å². The van der Waals surface area contributed by atoms with E-state index >= 15 is 0 Å². The Bertz CT molecular complexity index is 545. The molecule has 1 unspecified atom stereocenters. The van der Waals surface area contributed by atoms with Gasteiger partial charge in [0.25, 0.3) is 0 Å². The van der Waals surface area contributed by atoms with Crippen molar-refractivity contribution in [1.82, 2.24) is 10.3 Å². The molecule has 2 aromatic rings. The zero-order valence-corrected chi connectivity index (χ0v) is 13.3. The minimum Gasteiger partial charge on any atom is -0.310 e. The van der Waals surface area contributed by atoms with E-state index in [1.807, 2.05) is 24.3 Å². The van der Waals surface area contributed by atoms with Gasteiger partial charge in [0, 0.05) is 17.1 Å². The number of aromatic nitrogens is 1. The maximum absolute atomic E-state index is 6.38. The van der Waals surface area contributed by atoms with Crippen LogP contribution in [0.25, 0.3) is 0 Å². The fourth-order valence-electron chi connectivity index (χ4n) is 1.87. The number of halogens is 1. The van der Waals surface area contributed by atoms with E-state index in [4.69, 9.17) is 11.6 Å². The van der Waals surface area contributed by atoms with Crippen LogP contribution in [0.5, 0.6) is 0 Å². The zero-order chi connectivity index (χ0) is 14.4. The van der Waals surface area contributed by atoms with E-state index in [1.54, 1.807) is 18.0 Å². The summed E-state index contributed by atoms with van der Waals surface area (Å²) in [7, 11) is 0. The lowest BCUT2D eigenvalue weighted by molar-refractivity contribution is 0.570. The predicted molar refractivity (Wildman–Crippen MR) is 86.5 cm³/mol. The number of pyridine rings is 1. The number of rotatable bonds is 6. The number of nitrogens with one attached hydrogen (secondary N) is 1. The van der Waals surface area contributed by atoms with E-state index < -0.39 is 0 Å². The second-order valence-corrected chi connectivity index (χ2v) is 6.11. The Balaban J connectivity index is 2.10. The Morgan fingerprint density at radius 2 is 2.15 bits per heavy atom. The monoisotopic (exact) mass is 306 g/mol. The van der Waals surface area contributed by atoms with Gasteiger partial charge in [-0.15, -0.1) is 0 Å². The van der Waals surface area contributed by atoms with Crippen molar-refractivity contribution >= 4 is 23.4 Å². The van der Waals surface area contributed by atoms with Crippen molar-refractivity contribution in [3.63, 3.8) is 0 Å². The van der Waals surface area contributed by atoms with Crippen LogP contribution in [0.4, 0.5) is 0 Å². The second kappa shape index (κ2) is 7.67. The molecule has 0 bridgehead atoms. The predicted octanol–water partition coefficient (Wildman–Crippen LogP) is 4.95. The van der Waals surface area contributed by atoms with E-state index in [-0.39, 0.29) is 0 Å². The van der Waals surface area contributed by atoms with Crippen molar-refractivity contribution in [3.8, 4) is 0 Å². The molecule has 0 saturated heterocycles. The molecule has 0 aliphatic rings. The van der Waals surface area contributed by atoms with E-state index in [0.29, 0.717) is 6.04 Å². The molecule has 20 heavy (non-hydrogen) atoms. The zero-order valence-electron chi connectivity index (χ0n) is 11.8. The molecule has 1 aromatic carbocycles. The first-order valence-electron chi connectivity index (χ1n) is 6.82. The Kier molecular flexibility index (Phi) is 5.89. The molecule has 0 fully saturated rings. The van der Waals surface area contributed by atoms with Crippen molar-refractivity contribution < 1.29 is 0 Å². The molecule has 0 spiro atoms. The maximum Gasteiger partial charge on any atom is 0.101 e. The van der Waals surface area contributed by atoms with Crippen LogP contribution in [-0.4, -0.2) is 11.5 Å². The van der Waals surface area contributed by atoms with Crippen molar-refractivity contribution in [1.29, 1.82) is 0 Å². The molecule has 0 aliphatic heterocycles. The molecular weight excluding hydrogens is 288 g/mol. The first-order valence-corrected chi connectivity index (χ1v) is 8.02. The van der Waals surface area contributed by atoms with Gasteiger partial charge in [0.1, 0.15) is 5.03 Å². The second-order valence-electron chi connectivity index (χ2n) is 4.64. The number of hydrogen-bond acceptors (Lipinski definition) is 3. The first-order chi connectivity index (χ1) is 9.70. The van der Waals surface area contributed by atoms with Gasteiger partial charge < -0.3 is 5.32 Å². The fourth-order valence-corrected chi connectivity index (χ4v) is 2.95. The third-order valence-corrected chi connectivity index (χ3v) is 4.46. The van der Waals surface area contributed by atoms with Gasteiger partial charge >= 0.3 is 0 Å². The van der Waals surface area contributed by atoms with E-state index in [2.05, 4.69) is 36.3 Å². The highest BCUT2D eigenvalue weighted by Gasteiger charge is 2.09. The summed E-state index contributed by atoms with van der Waals surface area (Å²) in [6, 6.07) is 12.4. The summed E-state index contributed by atoms with van der Waals surface area (Å²) in [5.74, 6) is 0. The summed E-state index contributed by atoms with van der Waals surface area (Å²) in [5, 5.41) is 5.21. The summed E-state index contributed by atoms with van der Waals surface area (Å²) < 4.78 is 0. The molecule has 0 radical (unpaired) electrons.